The molecule has 1 unspecified atom stereocenters. The Bertz CT molecular complexity index is 999. The van der Waals surface area contributed by atoms with Crippen molar-refractivity contribution in [3.05, 3.63) is 35.4 Å². The molecule has 0 radical (unpaired) electrons. The van der Waals surface area contributed by atoms with Crippen LogP contribution in [0.25, 0.3) is 0 Å². The smallest absolute Gasteiger partial charge is 0.276 e. The van der Waals surface area contributed by atoms with Gasteiger partial charge in [0.2, 0.25) is 6.04 Å². The van der Waals surface area contributed by atoms with E-state index >= 15 is 0 Å². The van der Waals surface area contributed by atoms with Crippen LogP contribution in [-0.4, -0.2) is 46.2 Å². The second-order valence-electron chi connectivity index (χ2n) is 6.05. The molecule has 0 fully saturated rings. The van der Waals surface area contributed by atoms with Crippen LogP contribution in [-0.2, 0) is 9.59 Å². The number of halogens is 2. The van der Waals surface area contributed by atoms with Crippen molar-refractivity contribution in [3.8, 4) is 23.0 Å². The topological polar surface area (TPSA) is 99.0 Å². The van der Waals surface area contributed by atoms with Crippen LogP contribution in [0.15, 0.2) is 40.6 Å². The first kappa shape index (κ1) is 24.2. The SMILES string of the molecule is COc1cc(N=NC(C(C)=O)C(=O)N(Cl)c2ccc(OC)c(OC)c2)c(Cl)c(OC)c1. The number of ether oxygens (including phenoxy) is 4. The molecule has 0 aliphatic carbocycles. The van der Waals surface area contributed by atoms with Gasteiger partial charge in [-0.3, -0.25) is 9.59 Å². The van der Waals surface area contributed by atoms with Gasteiger partial charge in [-0.05, 0) is 19.1 Å². The van der Waals surface area contributed by atoms with E-state index in [1.165, 1.54) is 53.6 Å². The minimum atomic E-state index is -1.50. The number of rotatable bonds is 9. The average molecular weight is 470 g/mol. The molecule has 9 nitrogen and oxygen atoms in total. The fourth-order valence-electron chi connectivity index (χ4n) is 2.50. The second-order valence-corrected chi connectivity index (χ2v) is 6.77. The Labute approximate surface area is 189 Å². The van der Waals surface area contributed by atoms with E-state index < -0.39 is 17.7 Å². The van der Waals surface area contributed by atoms with Crippen LogP contribution in [0.3, 0.4) is 0 Å². The number of nitrogens with zero attached hydrogens (tertiary/aromatic N) is 3. The molecule has 0 spiro atoms. The van der Waals surface area contributed by atoms with Gasteiger partial charge in [-0.15, -0.1) is 0 Å². The number of hydrogen-bond acceptors (Lipinski definition) is 8. The highest BCUT2D eigenvalue weighted by Crippen LogP contribution is 2.39. The summed E-state index contributed by atoms with van der Waals surface area (Å²) in [6.07, 6.45) is 0. The molecule has 11 heteroatoms. The van der Waals surface area contributed by atoms with E-state index in [0.29, 0.717) is 23.0 Å². The summed E-state index contributed by atoms with van der Waals surface area (Å²) in [6, 6.07) is 6.14. The molecule has 1 atom stereocenters. The lowest BCUT2D eigenvalue weighted by Crippen LogP contribution is -2.36. The Kier molecular flexibility index (Phi) is 8.47. The molecule has 0 bridgehead atoms. The van der Waals surface area contributed by atoms with E-state index in [4.69, 9.17) is 42.3 Å². The Morgan fingerprint density at radius 2 is 1.58 bits per heavy atom. The summed E-state index contributed by atoms with van der Waals surface area (Å²) in [5.41, 5.74) is 0.413. The summed E-state index contributed by atoms with van der Waals surface area (Å²) in [4.78, 5) is 25.0. The van der Waals surface area contributed by atoms with Crippen LogP contribution >= 0.6 is 23.4 Å². The van der Waals surface area contributed by atoms with Crippen molar-refractivity contribution in [2.24, 2.45) is 10.2 Å². The number of azo groups is 1. The number of ketones is 1. The second kappa shape index (κ2) is 10.8. The Morgan fingerprint density at radius 1 is 0.935 bits per heavy atom. The zero-order valence-electron chi connectivity index (χ0n) is 17.5. The molecule has 0 saturated carbocycles. The third kappa shape index (κ3) is 5.56. The van der Waals surface area contributed by atoms with Gasteiger partial charge in [0.1, 0.15) is 22.2 Å². The molecule has 2 rings (SSSR count). The van der Waals surface area contributed by atoms with Gasteiger partial charge < -0.3 is 18.9 Å². The van der Waals surface area contributed by atoms with Crippen molar-refractivity contribution < 1.29 is 28.5 Å². The third-order valence-electron chi connectivity index (χ3n) is 4.14. The highest BCUT2D eigenvalue weighted by atomic mass is 35.5. The zero-order chi connectivity index (χ0) is 23.1. The quantitative estimate of drug-likeness (QED) is 0.302. The van der Waals surface area contributed by atoms with Crippen molar-refractivity contribution >= 4 is 46.4 Å². The summed E-state index contributed by atoms with van der Waals surface area (Å²) in [6.45, 7) is 1.20. The molecule has 0 aliphatic rings. The predicted octanol–water partition coefficient (Wildman–Crippen LogP) is 4.60. The van der Waals surface area contributed by atoms with Crippen LogP contribution in [0.2, 0.25) is 5.02 Å². The first-order valence-electron chi connectivity index (χ1n) is 8.81. The number of carbonyl (C=O) groups excluding carboxylic acids is 2. The first-order chi connectivity index (χ1) is 14.8. The van der Waals surface area contributed by atoms with E-state index in [2.05, 4.69) is 10.2 Å². The minimum absolute atomic E-state index is 0.143. The number of methoxy groups -OCH3 is 4. The van der Waals surface area contributed by atoms with Crippen LogP contribution in [0.4, 0.5) is 11.4 Å². The van der Waals surface area contributed by atoms with Crippen molar-refractivity contribution in [2.45, 2.75) is 13.0 Å². The predicted molar refractivity (Wildman–Crippen MR) is 116 cm³/mol. The molecule has 0 heterocycles. The molecular weight excluding hydrogens is 449 g/mol. The van der Waals surface area contributed by atoms with Gasteiger partial charge in [-0.2, -0.15) is 10.2 Å². The van der Waals surface area contributed by atoms with E-state index in [0.717, 1.165) is 4.42 Å². The maximum Gasteiger partial charge on any atom is 0.276 e. The van der Waals surface area contributed by atoms with E-state index in [-0.39, 0.29) is 16.4 Å². The largest absolute Gasteiger partial charge is 0.497 e. The van der Waals surface area contributed by atoms with Gasteiger partial charge in [0, 0.05) is 30.0 Å². The molecule has 166 valence electrons. The van der Waals surface area contributed by atoms with Gasteiger partial charge in [0.05, 0.1) is 34.1 Å². The minimum Gasteiger partial charge on any atom is -0.497 e. The maximum atomic E-state index is 12.9. The molecular formula is C20H21Cl2N3O6. The molecule has 2 aromatic carbocycles. The van der Waals surface area contributed by atoms with Gasteiger partial charge in [0.25, 0.3) is 5.91 Å². The summed E-state index contributed by atoms with van der Waals surface area (Å²) < 4.78 is 21.5. The van der Waals surface area contributed by atoms with Crippen LogP contribution in [0.5, 0.6) is 23.0 Å². The molecule has 0 saturated heterocycles. The summed E-state index contributed by atoms with van der Waals surface area (Å²) in [5.74, 6) is 0.139. The van der Waals surface area contributed by atoms with Crippen molar-refractivity contribution in [1.29, 1.82) is 0 Å². The van der Waals surface area contributed by atoms with Crippen LogP contribution in [0.1, 0.15) is 6.92 Å². The lowest BCUT2D eigenvalue weighted by molar-refractivity contribution is -0.126. The Morgan fingerprint density at radius 3 is 2.13 bits per heavy atom. The first-order valence-corrected chi connectivity index (χ1v) is 9.53. The van der Waals surface area contributed by atoms with Gasteiger partial charge in [0.15, 0.2) is 17.3 Å². The van der Waals surface area contributed by atoms with Crippen LogP contribution < -0.4 is 23.4 Å². The van der Waals surface area contributed by atoms with Crippen molar-refractivity contribution in [1.82, 2.24) is 0 Å². The summed E-state index contributed by atoms with van der Waals surface area (Å²) >= 11 is 12.4. The summed E-state index contributed by atoms with van der Waals surface area (Å²) in [5, 5.41) is 7.98. The third-order valence-corrected chi connectivity index (χ3v) is 4.88. The zero-order valence-corrected chi connectivity index (χ0v) is 19.0. The molecule has 31 heavy (non-hydrogen) atoms. The van der Waals surface area contributed by atoms with Crippen LogP contribution in [0, 0.1) is 0 Å². The Balaban J connectivity index is 2.36. The normalized spacial score (nSPS) is 11.7. The number of anilines is 1. The maximum absolute atomic E-state index is 12.9. The lowest BCUT2D eigenvalue weighted by atomic mass is 10.2. The number of benzene rings is 2. The van der Waals surface area contributed by atoms with Gasteiger partial charge >= 0.3 is 0 Å². The number of amides is 1. The lowest BCUT2D eigenvalue weighted by Gasteiger charge is -2.18. The molecule has 2 aromatic rings. The molecule has 1 amide bonds. The summed E-state index contributed by atoms with van der Waals surface area (Å²) in [7, 11) is 5.81. The van der Waals surface area contributed by atoms with Crippen molar-refractivity contribution in [2.75, 3.05) is 32.9 Å². The average Bonchev–Trinajstić information content (AvgIpc) is 2.78. The molecule has 0 aliphatic heterocycles. The van der Waals surface area contributed by atoms with Gasteiger partial charge in [-0.1, -0.05) is 11.6 Å². The van der Waals surface area contributed by atoms with Gasteiger partial charge in [-0.25, -0.2) is 4.42 Å². The number of Topliss-reactive ketones (excluding diaryl/α,β-unsaturated/α-hetero) is 1. The standard InChI is InChI=1S/C20H21Cl2N3O6/c1-11(26)19(24-23-14-9-13(28-2)10-17(31-5)18(14)21)20(27)25(22)12-6-7-15(29-3)16(8-12)30-4/h6-10,19H,1-5H3. The highest BCUT2D eigenvalue weighted by molar-refractivity contribution is 6.39. The highest BCUT2D eigenvalue weighted by Gasteiger charge is 2.29. The number of hydrogen-bond donors (Lipinski definition) is 0. The molecule has 0 N–H and O–H groups in total. The fraction of sp³-hybridized carbons (Fsp3) is 0.300. The van der Waals surface area contributed by atoms with E-state index in [1.54, 1.807) is 12.1 Å². The number of carbonyl (C=O) groups is 2. The van der Waals surface area contributed by atoms with E-state index in [1.807, 2.05) is 0 Å². The van der Waals surface area contributed by atoms with E-state index in [9.17, 15) is 9.59 Å². The fourth-order valence-corrected chi connectivity index (χ4v) is 2.93. The Hall–Kier alpha value is -3.04. The monoisotopic (exact) mass is 469 g/mol. The molecule has 0 aromatic heterocycles. The van der Waals surface area contributed by atoms with Crippen molar-refractivity contribution in [3.63, 3.8) is 0 Å².